The lowest BCUT2D eigenvalue weighted by Crippen LogP contribution is -2.38. The Hall–Kier alpha value is -2.83. The SMILES string of the molecule is CCOC(=O)c1c(C)n(C)c2ccc(OCC(O)CN3CCc4ccccc4C3)cc12. The van der Waals surface area contributed by atoms with Crippen LogP contribution in [0, 0.1) is 6.92 Å². The van der Waals surface area contributed by atoms with Gasteiger partial charge in [-0.15, -0.1) is 0 Å². The Morgan fingerprint density at radius 1 is 1.19 bits per heavy atom. The number of aryl methyl sites for hydroxylation is 1. The molecule has 0 bridgehead atoms. The van der Waals surface area contributed by atoms with E-state index in [4.69, 9.17) is 9.47 Å². The molecule has 3 aromatic rings. The van der Waals surface area contributed by atoms with Crippen LogP contribution in [-0.4, -0.2) is 53.0 Å². The Morgan fingerprint density at radius 2 is 1.97 bits per heavy atom. The van der Waals surface area contributed by atoms with E-state index in [-0.39, 0.29) is 12.6 Å². The first-order valence-corrected chi connectivity index (χ1v) is 10.8. The van der Waals surface area contributed by atoms with Crippen LogP contribution in [0.3, 0.4) is 0 Å². The second-order valence-corrected chi connectivity index (χ2v) is 8.14. The predicted octanol–water partition coefficient (Wildman–Crippen LogP) is 3.46. The molecule has 1 unspecified atom stereocenters. The molecular formula is C25H30N2O4. The Morgan fingerprint density at radius 3 is 2.74 bits per heavy atom. The molecule has 6 heteroatoms. The molecule has 1 aliphatic rings. The van der Waals surface area contributed by atoms with Gasteiger partial charge in [-0.05, 0) is 49.6 Å². The minimum Gasteiger partial charge on any atom is -0.491 e. The molecule has 31 heavy (non-hydrogen) atoms. The van der Waals surface area contributed by atoms with Crippen molar-refractivity contribution in [3.8, 4) is 5.75 Å². The van der Waals surface area contributed by atoms with E-state index in [9.17, 15) is 9.90 Å². The zero-order valence-electron chi connectivity index (χ0n) is 18.4. The number of carbonyl (C=O) groups excluding carboxylic acids is 1. The summed E-state index contributed by atoms with van der Waals surface area (Å²) >= 11 is 0. The van der Waals surface area contributed by atoms with E-state index in [1.807, 2.05) is 36.7 Å². The normalized spacial score (nSPS) is 15.0. The van der Waals surface area contributed by atoms with Gasteiger partial charge in [0, 0.05) is 43.3 Å². The van der Waals surface area contributed by atoms with E-state index in [0.29, 0.717) is 24.5 Å². The van der Waals surface area contributed by atoms with E-state index in [0.717, 1.165) is 36.1 Å². The highest BCUT2D eigenvalue weighted by molar-refractivity contribution is 6.06. The van der Waals surface area contributed by atoms with E-state index in [1.54, 1.807) is 6.92 Å². The fourth-order valence-electron chi connectivity index (χ4n) is 4.36. The topological polar surface area (TPSA) is 63.9 Å². The number of aromatic nitrogens is 1. The average molecular weight is 423 g/mol. The monoisotopic (exact) mass is 422 g/mol. The molecule has 0 amide bonds. The highest BCUT2D eigenvalue weighted by atomic mass is 16.5. The van der Waals surface area contributed by atoms with Crippen molar-refractivity contribution in [2.45, 2.75) is 32.9 Å². The molecule has 1 N–H and O–H groups in total. The third kappa shape index (κ3) is 4.45. The summed E-state index contributed by atoms with van der Waals surface area (Å²) in [6.45, 7) is 6.59. The maximum absolute atomic E-state index is 12.5. The fourth-order valence-corrected chi connectivity index (χ4v) is 4.36. The van der Waals surface area contributed by atoms with Crippen LogP contribution >= 0.6 is 0 Å². The summed E-state index contributed by atoms with van der Waals surface area (Å²) in [5, 5.41) is 11.3. The number of esters is 1. The number of hydrogen-bond donors (Lipinski definition) is 1. The molecule has 4 rings (SSSR count). The summed E-state index contributed by atoms with van der Waals surface area (Å²) in [5.74, 6) is 0.305. The first-order valence-electron chi connectivity index (χ1n) is 10.8. The number of aliphatic hydroxyl groups excluding tert-OH is 1. The molecular weight excluding hydrogens is 392 g/mol. The van der Waals surface area contributed by atoms with Crippen molar-refractivity contribution < 1.29 is 19.4 Å². The number of β-amino-alcohol motifs (C(OH)–C–C–N with tert-alkyl or cyclic N) is 1. The minimum absolute atomic E-state index is 0.199. The third-order valence-corrected chi connectivity index (χ3v) is 6.06. The summed E-state index contributed by atoms with van der Waals surface area (Å²) in [7, 11) is 1.93. The Bertz CT molecular complexity index is 1090. The van der Waals surface area contributed by atoms with E-state index >= 15 is 0 Å². The summed E-state index contributed by atoms with van der Waals surface area (Å²) in [6.07, 6.45) is 0.410. The van der Waals surface area contributed by atoms with Crippen molar-refractivity contribution in [2.24, 2.45) is 7.05 Å². The number of carbonyl (C=O) groups is 1. The van der Waals surface area contributed by atoms with Crippen LogP contribution < -0.4 is 4.74 Å². The number of aliphatic hydroxyl groups is 1. The molecule has 0 saturated heterocycles. The Kier molecular flexibility index (Phi) is 6.30. The molecule has 0 aliphatic carbocycles. The first-order chi connectivity index (χ1) is 15.0. The lowest BCUT2D eigenvalue weighted by Gasteiger charge is -2.30. The van der Waals surface area contributed by atoms with Gasteiger partial charge in [-0.2, -0.15) is 0 Å². The number of benzene rings is 2. The number of hydrogen-bond acceptors (Lipinski definition) is 5. The molecule has 0 saturated carbocycles. The van der Waals surface area contributed by atoms with E-state index in [2.05, 4.69) is 29.2 Å². The van der Waals surface area contributed by atoms with E-state index < -0.39 is 6.10 Å². The Labute approximate surface area is 183 Å². The van der Waals surface area contributed by atoms with Gasteiger partial charge in [-0.25, -0.2) is 4.79 Å². The van der Waals surface area contributed by atoms with Crippen LogP contribution in [0.2, 0.25) is 0 Å². The van der Waals surface area contributed by atoms with Crippen LogP contribution in [-0.2, 0) is 24.8 Å². The Balaban J connectivity index is 1.42. The van der Waals surface area contributed by atoms with Gasteiger partial charge in [0.2, 0.25) is 0 Å². The summed E-state index contributed by atoms with van der Waals surface area (Å²) in [6, 6.07) is 14.2. The molecule has 1 aromatic heterocycles. The highest BCUT2D eigenvalue weighted by Crippen LogP contribution is 2.29. The summed E-state index contributed by atoms with van der Waals surface area (Å²) in [5.41, 5.74) is 5.10. The van der Waals surface area contributed by atoms with Crippen molar-refractivity contribution in [3.05, 3.63) is 64.8 Å². The summed E-state index contributed by atoms with van der Waals surface area (Å²) < 4.78 is 13.1. The second kappa shape index (κ2) is 9.12. The van der Waals surface area contributed by atoms with Crippen LogP contribution in [0.15, 0.2) is 42.5 Å². The van der Waals surface area contributed by atoms with Gasteiger partial charge in [0.15, 0.2) is 0 Å². The number of nitrogens with zero attached hydrogens (tertiary/aromatic N) is 2. The van der Waals surface area contributed by atoms with Gasteiger partial charge in [0.25, 0.3) is 0 Å². The smallest absolute Gasteiger partial charge is 0.340 e. The largest absolute Gasteiger partial charge is 0.491 e. The maximum atomic E-state index is 12.5. The molecule has 0 radical (unpaired) electrons. The quantitative estimate of drug-likeness (QED) is 0.591. The molecule has 2 aromatic carbocycles. The lowest BCUT2D eigenvalue weighted by atomic mass is 10.00. The van der Waals surface area contributed by atoms with Crippen molar-refractivity contribution in [1.82, 2.24) is 9.47 Å². The third-order valence-electron chi connectivity index (χ3n) is 6.06. The average Bonchev–Trinajstić information content (AvgIpc) is 3.02. The van der Waals surface area contributed by atoms with Gasteiger partial charge in [-0.3, -0.25) is 4.90 Å². The van der Waals surface area contributed by atoms with Crippen molar-refractivity contribution in [1.29, 1.82) is 0 Å². The van der Waals surface area contributed by atoms with Crippen LogP contribution in [0.25, 0.3) is 10.9 Å². The molecule has 6 nitrogen and oxygen atoms in total. The van der Waals surface area contributed by atoms with Crippen LogP contribution in [0.5, 0.6) is 5.75 Å². The molecule has 1 atom stereocenters. The molecule has 164 valence electrons. The standard InChI is InChI=1S/C25H30N2O4/c1-4-30-25(29)24-17(2)26(3)23-10-9-21(13-22(23)24)31-16-20(28)15-27-12-11-18-7-5-6-8-19(18)14-27/h5-10,13,20,28H,4,11-12,14-16H2,1-3H3. The lowest BCUT2D eigenvalue weighted by molar-refractivity contribution is 0.0527. The van der Waals surface area contributed by atoms with Crippen LogP contribution in [0.1, 0.15) is 34.1 Å². The highest BCUT2D eigenvalue weighted by Gasteiger charge is 2.21. The number of ether oxygens (including phenoxy) is 2. The fraction of sp³-hybridized carbons (Fsp3) is 0.400. The molecule has 0 fully saturated rings. The van der Waals surface area contributed by atoms with E-state index in [1.165, 1.54) is 11.1 Å². The second-order valence-electron chi connectivity index (χ2n) is 8.14. The number of rotatable bonds is 7. The zero-order valence-corrected chi connectivity index (χ0v) is 18.4. The predicted molar refractivity (Wildman–Crippen MR) is 121 cm³/mol. The zero-order chi connectivity index (χ0) is 22.0. The van der Waals surface area contributed by atoms with Crippen LogP contribution in [0.4, 0.5) is 0 Å². The maximum Gasteiger partial charge on any atom is 0.340 e. The van der Waals surface area contributed by atoms with Gasteiger partial charge in [0.1, 0.15) is 18.5 Å². The molecule has 1 aliphatic heterocycles. The number of fused-ring (bicyclic) bond motifs is 2. The summed E-state index contributed by atoms with van der Waals surface area (Å²) in [4.78, 5) is 14.7. The van der Waals surface area contributed by atoms with Crippen molar-refractivity contribution in [2.75, 3.05) is 26.3 Å². The van der Waals surface area contributed by atoms with Crippen molar-refractivity contribution in [3.63, 3.8) is 0 Å². The molecule has 2 heterocycles. The van der Waals surface area contributed by atoms with Gasteiger partial charge in [0.05, 0.1) is 12.2 Å². The van der Waals surface area contributed by atoms with Gasteiger partial charge >= 0.3 is 5.97 Å². The first kappa shape index (κ1) is 21.4. The minimum atomic E-state index is -0.594. The van der Waals surface area contributed by atoms with Gasteiger partial charge in [-0.1, -0.05) is 24.3 Å². The van der Waals surface area contributed by atoms with Gasteiger partial charge < -0.3 is 19.1 Å². The van der Waals surface area contributed by atoms with Crippen molar-refractivity contribution >= 4 is 16.9 Å². The molecule has 0 spiro atoms.